The molecule has 4 aromatic rings. The van der Waals surface area contributed by atoms with Gasteiger partial charge in [0, 0.05) is 11.8 Å². The van der Waals surface area contributed by atoms with Crippen molar-refractivity contribution in [2.45, 2.75) is 12.7 Å². The molecule has 0 saturated carbocycles. The van der Waals surface area contributed by atoms with Crippen LogP contribution in [0.15, 0.2) is 66.9 Å². The molecule has 2 aromatic carbocycles. The van der Waals surface area contributed by atoms with Crippen LogP contribution in [0.5, 0.6) is 0 Å². The summed E-state index contributed by atoms with van der Waals surface area (Å²) in [5.74, 6) is -1.08. The van der Waals surface area contributed by atoms with Gasteiger partial charge in [-0.2, -0.15) is 13.2 Å². The van der Waals surface area contributed by atoms with Gasteiger partial charge in [0.15, 0.2) is 5.13 Å². The van der Waals surface area contributed by atoms with Crippen LogP contribution in [0, 0.1) is 5.82 Å². The number of amides is 1. The number of pyridine rings is 1. The standard InChI is InChI=1S/C21H13F4N3OS/c22-16-5-3-6-17-18(16)27-20(30-17)28(12-15-4-1-2-11-26-15)19(29)13-7-9-14(10-8-13)21(23,24)25/h1-11H,12H2. The topological polar surface area (TPSA) is 46.1 Å². The number of thiazole rings is 1. The number of alkyl halides is 3. The molecule has 0 unspecified atom stereocenters. The number of aromatic nitrogens is 2. The molecule has 0 bridgehead atoms. The van der Waals surface area contributed by atoms with Gasteiger partial charge in [-0.05, 0) is 48.5 Å². The number of para-hydroxylation sites is 1. The van der Waals surface area contributed by atoms with Gasteiger partial charge in [-0.25, -0.2) is 9.37 Å². The largest absolute Gasteiger partial charge is 0.416 e. The highest BCUT2D eigenvalue weighted by molar-refractivity contribution is 7.22. The maximum Gasteiger partial charge on any atom is 0.416 e. The summed E-state index contributed by atoms with van der Waals surface area (Å²) < 4.78 is 53.2. The lowest BCUT2D eigenvalue weighted by Crippen LogP contribution is -2.30. The molecule has 0 aliphatic carbocycles. The highest BCUT2D eigenvalue weighted by Crippen LogP contribution is 2.33. The fourth-order valence-electron chi connectivity index (χ4n) is 2.86. The molecule has 30 heavy (non-hydrogen) atoms. The molecule has 2 aromatic heterocycles. The van der Waals surface area contributed by atoms with Crippen molar-refractivity contribution in [2.75, 3.05) is 4.90 Å². The van der Waals surface area contributed by atoms with Gasteiger partial charge >= 0.3 is 6.18 Å². The molecular weight excluding hydrogens is 418 g/mol. The number of nitrogens with zero attached hydrogens (tertiary/aromatic N) is 3. The molecule has 4 rings (SSSR count). The Labute approximate surface area is 172 Å². The van der Waals surface area contributed by atoms with Gasteiger partial charge in [0.1, 0.15) is 11.3 Å². The SMILES string of the molecule is O=C(c1ccc(C(F)(F)F)cc1)N(Cc1ccccn1)c1nc2c(F)cccc2s1. The average molecular weight is 431 g/mol. The van der Waals surface area contributed by atoms with Gasteiger partial charge in [-0.1, -0.05) is 23.5 Å². The van der Waals surface area contributed by atoms with Crippen LogP contribution in [0.25, 0.3) is 10.2 Å². The number of carbonyl (C=O) groups is 1. The number of hydrogen-bond acceptors (Lipinski definition) is 4. The lowest BCUT2D eigenvalue weighted by atomic mass is 10.1. The maximum atomic E-state index is 14.1. The van der Waals surface area contributed by atoms with E-state index < -0.39 is 23.5 Å². The van der Waals surface area contributed by atoms with Crippen LogP contribution in [0.4, 0.5) is 22.7 Å². The summed E-state index contributed by atoms with van der Waals surface area (Å²) in [6.45, 7) is 0.0299. The molecule has 0 spiro atoms. The van der Waals surface area contributed by atoms with Gasteiger partial charge in [0.05, 0.1) is 22.5 Å². The van der Waals surface area contributed by atoms with Gasteiger partial charge in [-0.15, -0.1) is 0 Å². The van der Waals surface area contributed by atoms with E-state index in [1.807, 2.05) is 0 Å². The fraction of sp³-hybridized carbons (Fsp3) is 0.0952. The molecule has 0 N–H and O–H groups in total. The van der Waals surface area contributed by atoms with Crippen molar-refractivity contribution in [3.63, 3.8) is 0 Å². The Bertz CT molecular complexity index is 1190. The van der Waals surface area contributed by atoms with Crippen LogP contribution in [0.3, 0.4) is 0 Å². The molecule has 0 radical (unpaired) electrons. The van der Waals surface area contributed by atoms with E-state index in [0.29, 0.717) is 10.4 Å². The summed E-state index contributed by atoms with van der Waals surface area (Å²) in [4.78, 5) is 22.9. The second-order valence-electron chi connectivity index (χ2n) is 6.37. The van der Waals surface area contributed by atoms with Crippen LogP contribution in [0.2, 0.25) is 0 Å². The molecule has 2 heterocycles. The van der Waals surface area contributed by atoms with Crippen molar-refractivity contribution in [3.05, 3.63) is 89.5 Å². The Morgan fingerprint density at radius 1 is 1.00 bits per heavy atom. The number of rotatable bonds is 4. The molecule has 0 fully saturated rings. The number of hydrogen-bond donors (Lipinski definition) is 0. The smallest absolute Gasteiger partial charge is 0.278 e. The number of fused-ring (bicyclic) bond motifs is 1. The molecular formula is C21H13F4N3OS. The van der Waals surface area contributed by atoms with Crippen LogP contribution >= 0.6 is 11.3 Å². The quantitative estimate of drug-likeness (QED) is 0.390. The summed E-state index contributed by atoms with van der Waals surface area (Å²) in [6.07, 6.45) is -2.94. The molecule has 9 heteroatoms. The summed E-state index contributed by atoms with van der Waals surface area (Å²) >= 11 is 1.12. The highest BCUT2D eigenvalue weighted by Gasteiger charge is 2.31. The minimum Gasteiger partial charge on any atom is -0.278 e. The zero-order valence-corrected chi connectivity index (χ0v) is 16.0. The van der Waals surface area contributed by atoms with E-state index in [0.717, 1.165) is 35.6 Å². The van der Waals surface area contributed by atoms with E-state index in [9.17, 15) is 22.4 Å². The van der Waals surface area contributed by atoms with E-state index in [1.54, 1.807) is 36.5 Å². The monoisotopic (exact) mass is 431 g/mol. The van der Waals surface area contributed by atoms with Gasteiger partial charge in [-0.3, -0.25) is 14.7 Å². The Kier molecular flexibility index (Phi) is 5.21. The van der Waals surface area contributed by atoms with Crippen molar-refractivity contribution in [2.24, 2.45) is 0 Å². The third-order valence-electron chi connectivity index (χ3n) is 4.34. The zero-order valence-electron chi connectivity index (χ0n) is 15.2. The summed E-state index contributed by atoms with van der Waals surface area (Å²) in [5.41, 5.74) is -0.114. The van der Waals surface area contributed by atoms with E-state index in [-0.39, 0.29) is 22.8 Å². The van der Waals surface area contributed by atoms with Crippen molar-refractivity contribution in [3.8, 4) is 0 Å². The van der Waals surface area contributed by atoms with Crippen molar-refractivity contribution in [1.29, 1.82) is 0 Å². The Hall–Kier alpha value is -3.33. The average Bonchev–Trinajstić information content (AvgIpc) is 3.17. The molecule has 1 amide bonds. The van der Waals surface area contributed by atoms with E-state index in [1.165, 1.54) is 11.0 Å². The Morgan fingerprint density at radius 3 is 2.40 bits per heavy atom. The van der Waals surface area contributed by atoms with Crippen LogP contribution in [0.1, 0.15) is 21.6 Å². The number of carbonyl (C=O) groups excluding carboxylic acids is 1. The minimum absolute atomic E-state index is 0.0299. The van der Waals surface area contributed by atoms with Gasteiger partial charge < -0.3 is 0 Å². The number of benzene rings is 2. The first-order valence-electron chi connectivity index (χ1n) is 8.77. The Morgan fingerprint density at radius 2 is 1.77 bits per heavy atom. The molecule has 152 valence electrons. The fourth-order valence-corrected chi connectivity index (χ4v) is 3.83. The first kappa shape index (κ1) is 20.0. The third-order valence-corrected chi connectivity index (χ3v) is 5.38. The van der Waals surface area contributed by atoms with Crippen LogP contribution < -0.4 is 4.90 Å². The van der Waals surface area contributed by atoms with E-state index >= 15 is 0 Å². The van der Waals surface area contributed by atoms with Crippen LogP contribution in [-0.2, 0) is 12.7 Å². The van der Waals surface area contributed by atoms with Crippen molar-refractivity contribution in [1.82, 2.24) is 9.97 Å². The normalized spacial score (nSPS) is 11.6. The van der Waals surface area contributed by atoms with E-state index in [2.05, 4.69) is 9.97 Å². The molecule has 0 atom stereocenters. The molecule has 0 aliphatic rings. The van der Waals surface area contributed by atoms with Gasteiger partial charge in [0.25, 0.3) is 5.91 Å². The minimum atomic E-state index is -4.50. The maximum absolute atomic E-state index is 14.1. The first-order chi connectivity index (χ1) is 14.3. The predicted molar refractivity (Wildman–Crippen MR) is 106 cm³/mol. The summed E-state index contributed by atoms with van der Waals surface area (Å²) in [6, 6.07) is 13.6. The summed E-state index contributed by atoms with van der Waals surface area (Å²) in [7, 11) is 0. The highest BCUT2D eigenvalue weighted by atomic mass is 32.1. The number of halogens is 4. The first-order valence-corrected chi connectivity index (χ1v) is 9.58. The lowest BCUT2D eigenvalue weighted by Gasteiger charge is -2.20. The third kappa shape index (κ3) is 4.02. The van der Waals surface area contributed by atoms with Crippen molar-refractivity contribution < 1.29 is 22.4 Å². The van der Waals surface area contributed by atoms with Crippen LogP contribution in [-0.4, -0.2) is 15.9 Å². The summed E-state index contributed by atoms with van der Waals surface area (Å²) in [5, 5.41) is 0.227. The van der Waals surface area contributed by atoms with E-state index in [4.69, 9.17) is 0 Å². The number of anilines is 1. The predicted octanol–water partition coefficient (Wildman–Crippen LogP) is 5.70. The second kappa shape index (κ2) is 7.83. The molecule has 0 saturated heterocycles. The molecule has 4 nitrogen and oxygen atoms in total. The lowest BCUT2D eigenvalue weighted by molar-refractivity contribution is -0.137. The zero-order chi connectivity index (χ0) is 21.3. The Balaban J connectivity index is 1.74. The van der Waals surface area contributed by atoms with Gasteiger partial charge in [0.2, 0.25) is 0 Å². The van der Waals surface area contributed by atoms with Crippen molar-refractivity contribution >= 4 is 32.6 Å². The second-order valence-corrected chi connectivity index (χ2v) is 7.38. The molecule has 0 aliphatic heterocycles.